The third-order valence-corrected chi connectivity index (χ3v) is 5.75. The van der Waals surface area contributed by atoms with E-state index in [0.29, 0.717) is 26.4 Å². The number of thioether (sulfide) groups is 1. The van der Waals surface area contributed by atoms with Gasteiger partial charge in [0.05, 0.1) is 26.7 Å². The van der Waals surface area contributed by atoms with E-state index >= 15 is 0 Å². The molecule has 1 atom stereocenters. The van der Waals surface area contributed by atoms with E-state index in [0.717, 1.165) is 11.1 Å². The Balaban J connectivity index is 1.86. The van der Waals surface area contributed by atoms with Crippen molar-refractivity contribution in [2.75, 3.05) is 0 Å². The fraction of sp³-hybridized carbons (Fsp3) is 0.158. The minimum Gasteiger partial charge on any atom is -0.320 e. The summed E-state index contributed by atoms with van der Waals surface area (Å²) in [4.78, 5) is 12.1. The summed E-state index contributed by atoms with van der Waals surface area (Å²) in [5, 5.41) is 14.1. The maximum Gasteiger partial charge on any atom is 0.225 e. The molecule has 2 aromatic rings. The van der Waals surface area contributed by atoms with Crippen molar-refractivity contribution in [2.45, 2.75) is 18.1 Å². The monoisotopic (exact) mass is 388 g/mol. The van der Waals surface area contributed by atoms with Crippen molar-refractivity contribution in [1.82, 2.24) is 5.32 Å². The van der Waals surface area contributed by atoms with E-state index in [9.17, 15) is 10.1 Å². The highest BCUT2D eigenvalue weighted by Crippen LogP contribution is 2.37. The second-order valence-electron chi connectivity index (χ2n) is 5.61. The molecule has 6 heteroatoms. The molecular weight excluding hydrogens is 375 g/mol. The number of hydrogen-bond acceptors (Lipinski definition) is 3. The Labute approximate surface area is 160 Å². The second-order valence-corrected chi connectivity index (χ2v) is 7.41. The van der Waals surface area contributed by atoms with Crippen LogP contribution in [-0.4, -0.2) is 5.91 Å². The third kappa shape index (κ3) is 4.19. The van der Waals surface area contributed by atoms with Crippen LogP contribution in [0.3, 0.4) is 0 Å². The fourth-order valence-electron chi connectivity index (χ4n) is 2.69. The van der Waals surface area contributed by atoms with E-state index in [1.54, 1.807) is 12.1 Å². The number of amides is 1. The van der Waals surface area contributed by atoms with E-state index in [1.165, 1.54) is 11.8 Å². The number of allylic oxidation sites excluding steroid dienone is 1. The quantitative estimate of drug-likeness (QED) is 0.776. The number of nitriles is 1. The van der Waals surface area contributed by atoms with Gasteiger partial charge in [-0.2, -0.15) is 5.26 Å². The Morgan fingerprint density at radius 3 is 2.60 bits per heavy atom. The second kappa shape index (κ2) is 7.97. The zero-order valence-corrected chi connectivity index (χ0v) is 15.5. The predicted molar refractivity (Wildman–Crippen MR) is 102 cm³/mol. The minimum absolute atomic E-state index is 0.0792. The van der Waals surface area contributed by atoms with Gasteiger partial charge in [-0.1, -0.05) is 59.6 Å². The lowest BCUT2D eigenvalue weighted by atomic mass is 9.87. The lowest BCUT2D eigenvalue weighted by molar-refractivity contribution is -0.120. The average molecular weight is 389 g/mol. The molecule has 2 aromatic carbocycles. The van der Waals surface area contributed by atoms with Gasteiger partial charge < -0.3 is 5.32 Å². The molecule has 126 valence electrons. The first kappa shape index (κ1) is 17.9. The molecule has 25 heavy (non-hydrogen) atoms. The number of rotatable bonds is 4. The Kier molecular flexibility index (Phi) is 5.70. The van der Waals surface area contributed by atoms with Crippen LogP contribution in [0.5, 0.6) is 0 Å². The Morgan fingerprint density at radius 1 is 1.16 bits per heavy atom. The normalized spacial score (nSPS) is 17.2. The molecule has 0 saturated heterocycles. The van der Waals surface area contributed by atoms with Gasteiger partial charge in [0, 0.05) is 18.1 Å². The lowest BCUT2D eigenvalue weighted by Crippen LogP contribution is -2.30. The van der Waals surface area contributed by atoms with Crippen molar-refractivity contribution in [3.63, 3.8) is 0 Å². The van der Waals surface area contributed by atoms with Crippen molar-refractivity contribution < 1.29 is 4.79 Å². The molecule has 0 aliphatic carbocycles. The average Bonchev–Trinajstić information content (AvgIpc) is 2.63. The van der Waals surface area contributed by atoms with Crippen LogP contribution in [0, 0.1) is 11.3 Å². The number of benzene rings is 2. The van der Waals surface area contributed by atoms with Crippen molar-refractivity contribution in [3.8, 4) is 6.07 Å². The summed E-state index contributed by atoms with van der Waals surface area (Å²) in [6, 6.07) is 17.3. The molecule has 1 aliphatic rings. The first-order valence-electron chi connectivity index (χ1n) is 7.64. The van der Waals surface area contributed by atoms with Gasteiger partial charge in [-0.05, 0) is 23.3 Å². The van der Waals surface area contributed by atoms with E-state index in [1.807, 2.05) is 36.4 Å². The van der Waals surface area contributed by atoms with Crippen LogP contribution in [0.4, 0.5) is 0 Å². The van der Waals surface area contributed by atoms with Gasteiger partial charge in [0.15, 0.2) is 0 Å². The van der Waals surface area contributed by atoms with Crippen molar-refractivity contribution in [3.05, 3.63) is 80.3 Å². The van der Waals surface area contributed by atoms with Crippen LogP contribution in [0.25, 0.3) is 0 Å². The molecule has 3 nitrogen and oxygen atoms in total. The molecule has 0 bridgehead atoms. The van der Waals surface area contributed by atoms with Gasteiger partial charge in [0.25, 0.3) is 0 Å². The van der Waals surface area contributed by atoms with Gasteiger partial charge >= 0.3 is 0 Å². The number of carbonyl (C=O) groups is 1. The summed E-state index contributed by atoms with van der Waals surface area (Å²) in [5.74, 6) is 0.292. The molecule has 0 spiro atoms. The maximum atomic E-state index is 12.1. The molecule has 0 aromatic heterocycles. The molecule has 1 aliphatic heterocycles. The van der Waals surface area contributed by atoms with Crippen molar-refractivity contribution >= 4 is 40.9 Å². The van der Waals surface area contributed by atoms with Gasteiger partial charge in [-0.25, -0.2) is 0 Å². The third-order valence-electron chi connectivity index (χ3n) is 3.93. The highest BCUT2D eigenvalue weighted by Gasteiger charge is 2.29. The lowest BCUT2D eigenvalue weighted by Gasteiger charge is -2.25. The zero-order valence-electron chi connectivity index (χ0n) is 13.1. The number of carbonyl (C=O) groups excluding carboxylic acids is 1. The van der Waals surface area contributed by atoms with Gasteiger partial charge in [0.2, 0.25) is 5.91 Å². The molecule has 0 radical (unpaired) electrons. The van der Waals surface area contributed by atoms with Crippen LogP contribution < -0.4 is 5.32 Å². The Hall–Kier alpha value is -1.93. The predicted octanol–water partition coefficient (Wildman–Crippen LogP) is 5.27. The summed E-state index contributed by atoms with van der Waals surface area (Å²) in [7, 11) is 0. The topological polar surface area (TPSA) is 52.9 Å². The summed E-state index contributed by atoms with van der Waals surface area (Å²) < 4.78 is 0. The van der Waals surface area contributed by atoms with Crippen molar-refractivity contribution in [1.29, 1.82) is 5.26 Å². The molecule has 1 heterocycles. The molecule has 1 amide bonds. The fourth-order valence-corrected chi connectivity index (χ4v) is 4.03. The molecule has 3 rings (SSSR count). The van der Waals surface area contributed by atoms with Crippen LogP contribution in [-0.2, 0) is 10.5 Å². The molecule has 0 fully saturated rings. The molecule has 0 unspecified atom stereocenters. The van der Waals surface area contributed by atoms with Gasteiger partial charge in [0.1, 0.15) is 0 Å². The van der Waals surface area contributed by atoms with E-state index < -0.39 is 0 Å². The van der Waals surface area contributed by atoms with Crippen LogP contribution in [0.1, 0.15) is 23.5 Å². The SMILES string of the molecule is N#CC1=C(SCc2ccc(Cl)c(Cl)c2)NC(=O)C[C@H]1c1ccccc1. The summed E-state index contributed by atoms with van der Waals surface area (Å²) in [5.41, 5.74) is 2.54. The molecule has 0 saturated carbocycles. The van der Waals surface area contributed by atoms with Crippen LogP contribution >= 0.6 is 35.0 Å². The summed E-state index contributed by atoms with van der Waals surface area (Å²) >= 11 is 13.4. The first-order chi connectivity index (χ1) is 12.1. The zero-order chi connectivity index (χ0) is 17.8. The minimum atomic E-state index is -0.212. The van der Waals surface area contributed by atoms with E-state index in [-0.39, 0.29) is 18.2 Å². The molecular formula is C19H14Cl2N2OS. The first-order valence-corrected chi connectivity index (χ1v) is 9.38. The number of hydrogen-bond donors (Lipinski definition) is 1. The Morgan fingerprint density at radius 2 is 1.92 bits per heavy atom. The van der Waals surface area contributed by atoms with Gasteiger partial charge in [-0.15, -0.1) is 11.8 Å². The molecule has 1 N–H and O–H groups in total. The van der Waals surface area contributed by atoms with Gasteiger partial charge in [-0.3, -0.25) is 4.79 Å². The number of nitrogens with one attached hydrogen (secondary N) is 1. The number of nitrogens with zero attached hydrogens (tertiary/aromatic N) is 1. The summed E-state index contributed by atoms with van der Waals surface area (Å²) in [6.07, 6.45) is 0.281. The standard InChI is InChI=1S/C19H14Cl2N2OS/c20-16-7-6-12(8-17(16)21)11-25-19-15(10-22)14(9-18(24)23-19)13-4-2-1-3-5-13/h1-8,14H,9,11H2,(H,23,24)/t14-/m0/s1. The largest absolute Gasteiger partial charge is 0.320 e. The van der Waals surface area contributed by atoms with Crippen LogP contribution in [0.15, 0.2) is 59.1 Å². The maximum absolute atomic E-state index is 12.1. The smallest absolute Gasteiger partial charge is 0.225 e. The highest BCUT2D eigenvalue weighted by atomic mass is 35.5. The van der Waals surface area contributed by atoms with Crippen LogP contribution in [0.2, 0.25) is 10.0 Å². The summed E-state index contributed by atoms with van der Waals surface area (Å²) in [6.45, 7) is 0. The van der Waals surface area contributed by atoms with Crippen molar-refractivity contribution in [2.24, 2.45) is 0 Å². The highest BCUT2D eigenvalue weighted by molar-refractivity contribution is 8.02. The number of halogens is 2. The van der Waals surface area contributed by atoms with E-state index in [4.69, 9.17) is 23.2 Å². The van der Waals surface area contributed by atoms with E-state index in [2.05, 4.69) is 11.4 Å². The Bertz CT molecular complexity index is 875.